The molecule has 5 nitrogen and oxygen atoms in total. The second kappa shape index (κ2) is 7.82. The minimum absolute atomic E-state index is 0.124. The predicted molar refractivity (Wildman–Crippen MR) is 85.5 cm³/mol. The van der Waals surface area contributed by atoms with E-state index in [1.54, 1.807) is 17.0 Å². The monoisotopic (exact) mass is 304 g/mol. The molecule has 0 aliphatic carbocycles. The third kappa shape index (κ3) is 4.23. The van der Waals surface area contributed by atoms with Crippen molar-refractivity contribution in [1.29, 1.82) is 0 Å². The number of nitrogen functional groups attached to an aromatic ring is 1. The van der Waals surface area contributed by atoms with Crippen molar-refractivity contribution < 1.29 is 14.3 Å². The minimum Gasteiger partial charge on any atom is -0.452 e. The van der Waals surface area contributed by atoms with E-state index >= 15 is 0 Å². The molecule has 1 aliphatic heterocycles. The molecular weight excluding hydrogens is 280 g/mol. The number of nitrogens with two attached hydrogens (primary N) is 1. The molecule has 0 atom stereocenters. The van der Waals surface area contributed by atoms with Gasteiger partial charge in [-0.2, -0.15) is 0 Å². The second-order valence-electron chi connectivity index (χ2n) is 5.76. The zero-order valence-electron chi connectivity index (χ0n) is 13.1. The number of benzene rings is 1. The zero-order chi connectivity index (χ0) is 15.9. The van der Waals surface area contributed by atoms with E-state index in [0.29, 0.717) is 11.3 Å². The number of amides is 1. The molecule has 1 aromatic rings. The molecule has 0 spiro atoms. The minimum atomic E-state index is -0.540. The number of nitrogens with zero attached hydrogens (tertiary/aromatic N) is 1. The topological polar surface area (TPSA) is 72.6 Å². The average molecular weight is 304 g/mol. The SMILES string of the molecule is Cc1cccc(C(=O)OCC(=O)N2CCCCCCC2)c1N. The van der Waals surface area contributed by atoms with Crippen LogP contribution in [0.3, 0.4) is 0 Å². The summed E-state index contributed by atoms with van der Waals surface area (Å²) >= 11 is 0. The van der Waals surface area contributed by atoms with Gasteiger partial charge < -0.3 is 15.4 Å². The number of esters is 1. The van der Waals surface area contributed by atoms with Crippen LogP contribution < -0.4 is 5.73 Å². The summed E-state index contributed by atoms with van der Waals surface area (Å²) in [5, 5.41) is 0. The highest BCUT2D eigenvalue weighted by atomic mass is 16.5. The molecule has 0 saturated carbocycles. The van der Waals surface area contributed by atoms with Gasteiger partial charge in [0.2, 0.25) is 0 Å². The third-order valence-electron chi connectivity index (χ3n) is 4.08. The fraction of sp³-hybridized carbons (Fsp3) is 0.529. The number of ether oxygens (including phenoxy) is 1. The van der Waals surface area contributed by atoms with E-state index in [1.807, 2.05) is 13.0 Å². The number of hydrogen-bond acceptors (Lipinski definition) is 4. The number of carbonyl (C=O) groups is 2. The Bertz CT molecular complexity index is 535. The van der Waals surface area contributed by atoms with Gasteiger partial charge in [-0.1, -0.05) is 31.4 Å². The van der Waals surface area contributed by atoms with Crippen LogP contribution in [0.2, 0.25) is 0 Å². The molecule has 1 saturated heterocycles. The lowest BCUT2D eigenvalue weighted by atomic mass is 10.1. The van der Waals surface area contributed by atoms with Gasteiger partial charge in [-0.25, -0.2) is 4.79 Å². The Labute approximate surface area is 131 Å². The van der Waals surface area contributed by atoms with Crippen LogP contribution >= 0.6 is 0 Å². The number of carbonyl (C=O) groups excluding carboxylic acids is 2. The summed E-state index contributed by atoms with van der Waals surface area (Å²) in [6.07, 6.45) is 5.59. The summed E-state index contributed by atoms with van der Waals surface area (Å²) in [7, 11) is 0. The van der Waals surface area contributed by atoms with Gasteiger partial charge >= 0.3 is 5.97 Å². The molecule has 0 bridgehead atoms. The first-order chi connectivity index (χ1) is 10.6. The fourth-order valence-corrected chi connectivity index (χ4v) is 2.65. The molecular formula is C17H24N2O3. The van der Waals surface area contributed by atoms with E-state index in [-0.39, 0.29) is 12.5 Å². The standard InChI is InChI=1S/C17H24N2O3/c1-13-8-7-9-14(16(13)18)17(21)22-12-15(20)19-10-5-3-2-4-6-11-19/h7-9H,2-6,10-12,18H2,1H3. The van der Waals surface area contributed by atoms with Gasteiger partial charge in [0.1, 0.15) is 0 Å². The van der Waals surface area contributed by atoms with Crippen LogP contribution in [0.15, 0.2) is 18.2 Å². The summed E-state index contributed by atoms with van der Waals surface area (Å²) in [6.45, 7) is 3.12. The van der Waals surface area contributed by atoms with Crippen molar-refractivity contribution in [3.05, 3.63) is 29.3 Å². The van der Waals surface area contributed by atoms with Crippen LogP contribution in [-0.2, 0) is 9.53 Å². The Morgan fingerprint density at radius 2 is 1.77 bits per heavy atom. The van der Waals surface area contributed by atoms with E-state index in [9.17, 15) is 9.59 Å². The number of hydrogen-bond donors (Lipinski definition) is 1. The van der Waals surface area contributed by atoms with Crippen LogP contribution in [-0.4, -0.2) is 36.5 Å². The van der Waals surface area contributed by atoms with Crippen molar-refractivity contribution in [3.63, 3.8) is 0 Å². The molecule has 0 aromatic heterocycles. The lowest BCUT2D eigenvalue weighted by Gasteiger charge is -2.24. The summed E-state index contributed by atoms with van der Waals surface area (Å²) in [5.74, 6) is -0.664. The summed E-state index contributed by atoms with van der Waals surface area (Å²) in [6, 6.07) is 5.20. The molecule has 2 rings (SSSR count). The van der Waals surface area contributed by atoms with Crippen LogP contribution in [0.4, 0.5) is 5.69 Å². The van der Waals surface area contributed by atoms with Gasteiger partial charge in [0.05, 0.1) is 5.56 Å². The van der Waals surface area contributed by atoms with Gasteiger partial charge in [0.15, 0.2) is 6.61 Å². The number of rotatable bonds is 3. The highest BCUT2D eigenvalue weighted by Crippen LogP contribution is 2.17. The molecule has 1 aromatic carbocycles. The Kier molecular flexibility index (Phi) is 5.81. The molecule has 1 fully saturated rings. The Morgan fingerprint density at radius 3 is 2.45 bits per heavy atom. The summed E-state index contributed by atoms with van der Waals surface area (Å²) < 4.78 is 5.14. The van der Waals surface area contributed by atoms with Crippen LogP contribution in [0.25, 0.3) is 0 Å². The molecule has 2 N–H and O–H groups in total. The van der Waals surface area contributed by atoms with Crippen molar-refractivity contribution in [2.24, 2.45) is 0 Å². The molecule has 22 heavy (non-hydrogen) atoms. The number of anilines is 1. The highest BCUT2D eigenvalue weighted by Gasteiger charge is 2.18. The van der Waals surface area contributed by atoms with Gasteiger partial charge in [-0.05, 0) is 31.4 Å². The largest absolute Gasteiger partial charge is 0.452 e. The molecule has 0 unspecified atom stereocenters. The fourth-order valence-electron chi connectivity index (χ4n) is 2.65. The molecule has 1 aliphatic rings. The molecule has 120 valence electrons. The van der Waals surface area contributed by atoms with Crippen molar-refractivity contribution in [3.8, 4) is 0 Å². The normalized spacial score (nSPS) is 15.8. The van der Waals surface area contributed by atoms with Gasteiger partial charge in [0.25, 0.3) is 5.91 Å². The lowest BCUT2D eigenvalue weighted by molar-refractivity contribution is -0.134. The zero-order valence-corrected chi connectivity index (χ0v) is 13.1. The smallest absolute Gasteiger partial charge is 0.340 e. The maximum Gasteiger partial charge on any atom is 0.340 e. The predicted octanol–water partition coefficient (Wildman–Crippen LogP) is 2.53. The van der Waals surface area contributed by atoms with E-state index in [0.717, 1.165) is 44.3 Å². The quantitative estimate of drug-likeness (QED) is 0.688. The first kappa shape index (κ1) is 16.3. The Morgan fingerprint density at radius 1 is 1.14 bits per heavy atom. The van der Waals surface area contributed by atoms with Crippen LogP contribution in [0, 0.1) is 6.92 Å². The van der Waals surface area contributed by atoms with Crippen molar-refractivity contribution in [2.45, 2.75) is 39.0 Å². The number of aryl methyl sites for hydroxylation is 1. The van der Waals surface area contributed by atoms with Crippen molar-refractivity contribution in [1.82, 2.24) is 4.90 Å². The molecule has 0 radical (unpaired) electrons. The Balaban J connectivity index is 1.89. The summed E-state index contributed by atoms with van der Waals surface area (Å²) in [5.41, 5.74) is 7.43. The highest BCUT2D eigenvalue weighted by molar-refractivity contribution is 5.96. The Hall–Kier alpha value is -2.04. The third-order valence-corrected chi connectivity index (χ3v) is 4.08. The maximum atomic E-state index is 12.2. The van der Waals surface area contributed by atoms with Crippen molar-refractivity contribution in [2.75, 3.05) is 25.4 Å². The first-order valence-corrected chi connectivity index (χ1v) is 7.89. The van der Waals surface area contributed by atoms with E-state index in [1.165, 1.54) is 6.42 Å². The second-order valence-corrected chi connectivity index (χ2v) is 5.76. The lowest BCUT2D eigenvalue weighted by Crippen LogP contribution is -2.37. The first-order valence-electron chi connectivity index (χ1n) is 7.89. The van der Waals surface area contributed by atoms with Gasteiger partial charge in [-0.3, -0.25) is 4.79 Å². The van der Waals surface area contributed by atoms with Crippen molar-refractivity contribution >= 4 is 17.6 Å². The van der Waals surface area contributed by atoms with Gasteiger partial charge in [0, 0.05) is 18.8 Å². The molecule has 1 amide bonds. The van der Waals surface area contributed by atoms with E-state index < -0.39 is 5.97 Å². The molecule has 5 heteroatoms. The van der Waals surface area contributed by atoms with Crippen LogP contribution in [0.1, 0.15) is 48.0 Å². The average Bonchev–Trinajstić information content (AvgIpc) is 2.47. The molecule has 1 heterocycles. The van der Waals surface area contributed by atoms with E-state index in [4.69, 9.17) is 10.5 Å². The van der Waals surface area contributed by atoms with E-state index in [2.05, 4.69) is 0 Å². The number of para-hydroxylation sites is 1. The summed E-state index contributed by atoms with van der Waals surface area (Å²) in [4.78, 5) is 26.0. The maximum absolute atomic E-state index is 12.2. The van der Waals surface area contributed by atoms with Gasteiger partial charge in [-0.15, -0.1) is 0 Å². The van der Waals surface area contributed by atoms with Crippen LogP contribution in [0.5, 0.6) is 0 Å². The number of likely N-dealkylation sites (tertiary alicyclic amines) is 1.